The van der Waals surface area contributed by atoms with E-state index in [-0.39, 0.29) is 5.91 Å². The van der Waals surface area contributed by atoms with Gasteiger partial charge in [0.05, 0.1) is 31.4 Å². The molecule has 0 aromatic carbocycles. The van der Waals surface area contributed by atoms with Crippen molar-refractivity contribution in [2.75, 3.05) is 7.05 Å². The van der Waals surface area contributed by atoms with Crippen LogP contribution in [0.3, 0.4) is 0 Å². The third-order valence-electron chi connectivity index (χ3n) is 2.68. The van der Waals surface area contributed by atoms with E-state index in [1.54, 1.807) is 7.05 Å². The minimum atomic E-state index is -0.0863. The molecule has 0 aliphatic carbocycles. The van der Waals surface area contributed by atoms with Gasteiger partial charge in [0.25, 0.3) is 0 Å². The molecule has 3 N–H and O–H groups in total. The van der Waals surface area contributed by atoms with Crippen LogP contribution in [0.15, 0.2) is 23.6 Å². The molecule has 0 saturated heterocycles. The summed E-state index contributed by atoms with van der Waals surface area (Å²) in [5.41, 5.74) is 2.27. The van der Waals surface area contributed by atoms with E-state index in [0.717, 1.165) is 17.1 Å². The zero-order valence-corrected chi connectivity index (χ0v) is 12.7. The summed E-state index contributed by atoms with van der Waals surface area (Å²) in [7, 11) is 1.68. The molecule has 7 nitrogen and oxygen atoms in total. The zero-order chi connectivity index (χ0) is 15.4. The lowest BCUT2D eigenvalue weighted by molar-refractivity contribution is -0.612. The van der Waals surface area contributed by atoms with Crippen LogP contribution in [0.5, 0.6) is 0 Å². The number of aromatic nitrogens is 2. The summed E-state index contributed by atoms with van der Waals surface area (Å²) in [5, 5.41) is 6.63. The van der Waals surface area contributed by atoms with Crippen molar-refractivity contribution in [1.29, 1.82) is 0 Å². The van der Waals surface area contributed by atoms with Crippen LogP contribution in [-0.4, -0.2) is 39.4 Å². The van der Waals surface area contributed by atoms with Crippen molar-refractivity contribution in [3.05, 3.63) is 29.3 Å². The molecule has 2 heterocycles. The van der Waals surface area contributed by atoms with Gasteiger partial charge in [-0.25, -0.2) is 10.8 Å². The Bertz CT molecular complexity index is 666. The Morgan fingerprint density at radius 3 is 2.90 bits per heavy atom. The quantitative estimate of drug-likeness (QED) is 0.371. The number of carbonyl (C=O) groups is 1. The number of nitrogens with one attached hydrogen (secondary N) is 1. The molecule has 0 bridgehead atoms. The number of nitrogens with two attached hydrogens (primary N) is 1. The number of hydrazine groups is 2. The van der Waals surface area contributed by atoms with Gasteiger partial charge in [-0.2, -0.15) is 5.12 Å². The second-order valence-corrected chi connectivity index (χ2v) is 5.25. The molecule has 0 radical (unpaired) electrons. The van der Waals surface area contributed by atoms with Crippen LogP contribution >= 0.6 is 11.3 Å². The fourth-order valence-corrected chi connectivity index (χ4v) is 2.36. The van der Waals surface area contributed by atoms with Crippen molar-refractivity contribution in [2.24, 2.45) is 5.84 Å². The van der Waals surface area contributed by atoms with E-state index in [9.17, 15) is 4.79 Å². The van der Waals surface area contributed by atoms with Crippen molar-refractivity contribution in [1.82, 2.24) is 20.4 Å². The van der Waals surface area contributed by atoms with Crippen LogP contribution in [0.1, 0.15) is 12.6 Å². The van der Waals surface area contributed by atoms with Crippen LogP contribution in [0.25, 0.3) is 11.4 Å². The first kappa shape index (κ1) is 15.1. The van der Waals surface area contributed by atoms with Gasteiger partial charge < -0.3 is 5.32 Å². The molecule has 1 amide bonds. The molecule has 0 saturated carbocycles. The number of carbonyl (C=O) groups excluding carboxylic acids is 1. The molecule has 8 heteroatoms. The van der Waals surface area contributed by atoms with E-state index in [1.807, 2.05) is 23.6 Å². The van der Waals surface area contributed by atoms with Gasteiger partial charge in [0, 0.05) is 6.92 Å². The highest BCUT2D eigenvalue weighted by Gasteiger charge is 2.18. The summed E-state index contributed by atoms with van der Waals surface area (Å²) in [6.45, 7) is 5.67. The number of nitrogens with zero attached hydrogens (tertiary/aromatic N) is 4. The second-order valence-electron chi connectivity index (χ2n) is 4.41. The summed E-state index contributed by atoms with van der Waals surface area (Å²) in [5.74, 6) is 5.53. The molecule has 110 valence electrons. The lowest BCUT2D eigenvalue weighted by Gasteiger charge is -2.07. The summed E-state index contributed by atoms with van der Waals surface area (Å²) >= 11 is 1.43. The average molecular weight is 305 g/mol. The summed E-state index contributed by atoms with van der Waals surface area (Å²) in [6.07, 6.45) is 0. The Hall–Kier alpha value is -2.32. The number of hydrogen-bond acceptors (Lipinski definition) is 6. The SMILES string of the molecule is C=[N+](c1nc(-c2cccc(CNC(C)=O)n2)cs1)N(C)N. The lowest BCUT2D eigenvalue weighted by Crippen LogP contribution is -2.33. The van der Waals surface area contributed by atoms with Crippen LogP contribution < -0.4 is 11.2 Å². The lowest BCUT2D eigenvalue weighted by atomic mass is 10.2. The van der Waals surface area contributed by atoms with Crippen LogP contribution in [0, 0.1) is 0 Å². The second kappa shape index (κ2) is 6.42. The number of amides is 1. The van der Waals surface area contributed by atoms with Gasteiger partial charge in [0.1, 0.15) is 5.69 Å². The minimum absolute atomic E-state index is 0.0863. The fourth-order valence-electron chi connectivity index (χ4n) is 1.57. The topological polar surface area (TPSA) is 87.2 Å². The predicted molar refractivity (Wildman–Crippen MR) is 81.9 cm³/mol. The maximum Gasteiger partial charge on any atom is 0.407 e. The fraction of sp³-hybridized carbons (Fsp3) is 0.231. The highest BCUT2D eigenvalue weighted by molar-refractivity contribution is 7.13. The number of rotatable bonds is 5. The Balaban J connectivity index is 2.20. The standard InChI is InChI=1S/C13H16N6OS/c1-9(20)15-7-10-5-4-6-11(16-10)12-8-21-13(17-12)18(2)19(3)14/h4-6,8H,2,7,14H2,1,3H3/p+1. The predicted octanol–water partition coefficient (Wildman–Crippen LogP) is 0.906. The molecule has 0 atom stereocenters. The number of hydrazone groups is 1. The molecular weight excluding hydrogens is 288 g/mol. The van der Waals surface area contributed by atoms with E-state index in [0.29, 0.717) is 11.7 Å². The first-order valence-corrected chi connectivity index (χ1v) is 7.10. The van der Waals surface area contributed by atoms with Crippen molar-refractivity contribution in [2.45, 2.75) is 13.5 Å². The molecule has 2 aromatic heterocycles. The van der Waals surface area contributed by atoms with Crippen molar-refractivity contribution in [3.63, 3.8) is 0 Å². The van der Waals surface area contributed by atoms with Gasteiger partial charge in [-0.15, -0.1) is 4.68 Å². The van der Waals surface area contributed by atoms with Gasteiger partial charge in [0.15, 0.2) is 0 Å². The van der Waals surface area contributed by atoms with E-state index < -0.39 is 0 Å². The van der Waals surface area contributed by atoms with Crippen LogP contribution in [0.2, 0.25) is 0 Å². The van der Waals surface area contributed by atoms with Gasteiger partial charge in [-0.1, -0.05) is 6.07 Å². The molecule has 0 fully saturated rings. The normalized spacial score (nSPS) is 10.2. The molecule has 0 aliphatic rings. The van der Waals surface area contributed by atoms with E-state index >= 15 is 0 Å². The molecule has 2 rings (SSSR count). The Labute approximate surface area is 126 Å². The van der Waals surface area contributed by atoms with Crippen molar-refractivity contribution < 1.29 is 9.48 Å². The Morgan fingerprint density at radius 2 is 2.24 bits per heavy atom. The average Bonchev–Trinajstić information content (AvgIpc) is 2.94. The maximum atomic E-state index is 10.9. The smallest absolute Gasteiger partial charge is 0.351 e. The number of hydrogen-bond donors (Lipinski definition) is 2. The summed E-state index contributed by atoms with van der Waals surface area (Å²) in [6, 6.07) is 5.61. The minimum Gasteiger partial charge on any atom is -0.351 e. The molecular formula is C13H17N6OS+. The largest absolute Gasteiger partial charge is 0.407 e. The van der Waals surface area contributed by atoms with Crippen LogP contribution in [0.4, 0.5) is 5.13 Å². The number of thiazole rings is 1. The molecule has 2 aromatic rings. The van der Waals surface area contributed by atoms with Gasteiger partial charge in [-0.3, -0.25) is 4.79 Å². The van der Waals surface area contributed by atoms with E-state index in [4.69, 9.17) is 5.84 Å². The Morgan fingerprint density at radius 1 is 1.48 bits per heavy atom. The molecule has 0 spiro atoms. The summed E-state index contributed by atoms with van der Waals surface area (Å²) in [4.78, 5) is 19.9. The van der Waals surface area contributed by atoms with Crippen molar-refractivity contribution >= 4 is 29.1 Å². The third kappa shape index (κ3) is 3.83. The highest BCUT2D eigenvalue weighted by atomic mass is 32.1. The van der Waals surface area contributed by atoms with E-state index in [2.05, 4.69) is 22.0 Å². The maximum absolute atomic E-state index is 10.9. The molecule has 0 unspecified atom stereocenters. The van der Waals surface area contributed by atoms with Gasteiger partial charge >= 0.3 is 5.13 Å². The number of pyridine rings is 1. The Kier molecular flexibility index (Phi) is 4.61. The first-order valence-electron chi connectivity index (χ1n) is 6.22. The van der Waals surface area contributed by atoms with Gasteiger partial charge in [-0.05, 0) is 28.5 Å². The monoisotopic (exact) mass is 305 g/mol. The first-order chi connectivity index (χ1) is 9.97. The molecule has 0 aliphatic heterocycles. The van der Waals surface area contributed by atoms with E-state index in [1.165, 1.54) is 28.1 Å². The zero-order valence-electron chi connectivity index (χ0n) is 11.9. The molecule has 21 heavy (non-hydrogen) atoms. The summed E-state index contributed by atoms with van der Waals surface area (Å²) < 4.78 is 1.50. The highest BCUT2D eigenvalue weighted by Crippen LogP contribution is 2.25. The van der Waals surface area contributed by atoms with Crippen molar-refractivity contribution in [3.8, 4) is 11.4 Å². The van der Waals surface area contributed by atoms with Crippen LogP contribution in [-0.2, 0) is 11.3 Å². The van der Waals surface area contributed by atoms with Gasteiger partial charge in [0.2, 0.25) is 11.6 Å². The third-order valence-corrected chi connectivity index (χ3v) is 3.54.